The Labute approximate surface area is 118 Å². The van der Waals surface area contributed by atoms with E-state index < -0.39 is 27.8 Å². The van der Waals surface area contributed by atoms with Crippen LogP contribution in [0.25, 0.3) is 0 Å². The molecule has 10 nitrogen and oxygen atoms in total. The Morgan fingerprint density at radius 1 is 0.750 bits per heavy atom. The average molecular weight is 368 g/mol. The Morgan fingerprint density at radius 2 is 1.10 bits per heavy atom. The van der Waals surface area contributed by atoms with E-state index in [1.54, 1.807) is 0 Å². The first-order valence-electron chi connectivity index (χ1n) is 5.19. The molecule has 0 aliphatic rings. The molecule has 0 spiro atoms. The van der Waals surface area contributed by atoms with Crippen LogP contribution in [0.4, 0.5) is 0 Å². The van der Waals surface area contributed by atoms with Gasteiger partial charge < -0.3 is 19.6 Å². The lowest BCUT2D eigenvalue weighted by molar-refractivity contribution is 0.246. The van der Waals surface area contributed by atoms with Gasteiger partial charge in [0.1, 0.15) is 12.6 Å². The molecular formula is C6H16N2O8P4. The summed E-state index contributed by atoms with van der Waals surface area (Å²) in [4.78, 5) is 37.8. The molecule has 0 aliphatic heterocycles. The Hall–Kier alpha value is 0.420. The topological polar surface area (TPSA) is 156 Å². The number of rotatable bonds is 11. The van der Waals surface area contributed by atoms with Gasteiger partial charge in [0, 0.05) is 13.1 Å². The van der Waals surface area contributed by atoms with Crippen molar-refractivity contribution in [1.82, 2.24) is 9.80 Å². The fraction of sp³-hybridized carbons (Fsp3) is 1.00. The van der Waals surface area contributed by atoms with E-state index in [1.807, 2.05) is 0 Å². The lowest BCUT2D eigenvalue weighted by atomic mass is 10.5. The summed E-state index contributed by atoms with van der Waals surface area (Å²) in [6, 6.07) is 0. The Bertz CT molecular complexity index is 374. The van der Waals surface area contributed by atoms with Crippen molar-refractivity contribution < 1.29 is 37.8 Å². The van der Waals surface area contributed by atoms with Gasteiger partial charge in [-0.15, -0.1) is 0 Å². The second-order valence-corrected chi connectivity index (χ2v) is 8.25. The minimum absolute atomic E-state index is 0.0644. The second kappa shape index (κ2) is 9.44. The zero-order valence-corrected chi connectivity index (χ0v) is 13.9. The van der Waals surface area contributed by atoms with Crippen LogP contribution in [0.15, 0.2) is 0 Å². The molecule has 14 heteroatoms. The van der Waals surface area contributed by atoms with Crippen LogP contribution in [0.2, 0.25) is 0 Å². The maximum absolute atomic E-state index is 10.9. The highest BCUT2D eigenvalue weighted by molar-refractivity contribution is 7.52. The minimum Gasteiger partial charge on any atom is -0.324 e. The summed E-state index contributed by atoms with van der Waals surface area (Å²) in [5.41, 5.74) is 0. The monoisotopic (exact) mass is 368 g/mol. The van der Waals surface area contributed by atoms with Crippen LogP contribution in [0, 0.1) is 0 Å². The molecule has 0 aromatic rings. The molecular weight excluding hydrogens is 352 g/mol. The van der Waals surface area contributed by atoms with Crippen LogP contribution >= 0.6 is 32.1 Å². The van der Waals surface area contributed by atoms with Crippen molar-refractivity contribution in [2.24, 2.45) is 0 Å². The van der Waals surface area contributed by atoms with Gasteiger partial charge in [0.2, 0.25) is 0 Å². The van der Waals surface area contributed by atoms with Crippen molar-refractivity contribution in [2.75, 3.05) is 38.2 Å². The lowest BCUT2D eigenvalue weighted by Crippen LogP contribution is -2.35. The predicted octanol–water partition coefficient (Wildman–Crippen LogP) is 0.359. The van der Waals surface area contributed by atoms with Crippen LogP contribution in [-0.2, 0) is 18.3 Å². The van der Waals surface area contributed by atoms with Crippen molar-refractivity contribution in [2.45, 2.75) is 0 Å². The van der Waals surface area contributed by atoms with Gasteiger partial charge >= 0.3 is 15.2 Å². The highest BCUT2D eigenvalue weighted by Gasteiger charge is 2.25. The normalized spacial score (nSPS) is 13.7. The van der Waals surface area contributed by atoms with E-state index in [0.29, 0.717) is 0 Å². The largest absolute Gasteiger partial charge is 0.339 e. The van der Waals surface area contributed by atoms with Crippen molar-refractivity contribution in [3.05, 3.63) is 0 Å². The predicted molar refractivity (Wildman–Crippen MR) is 72.2 cm³/mol. The highest BCUT2D eigenvalue weighted by Crippen LogP contribution is 2.40. The van der Waals surface area contributed by atoms with Crippen LogP contribution in [0.1, 0.15) is 0 Å². The standard InChI is InChI=1S/C6H16N2O8P4/c9-17-3-7(4-18-10)1-2-8(5-19(11,12)13)6-20(14,15)16/h1-6H2,(H2,11,12,13)(H2,14,15,16). The van der Waals surface area contributed by atoms with Crippen LogP contribution < -0.4 is 0 Å². The zero-order valence-electron chi connectivity index (χ0n) is 10.3. The average Bonchev–Trinajstić information content (AvgIpc) is 2.21. The lowest BCUT2D eigenvalue weighted by Gasteiger charge is -2.25. The number of hydrogen-bond donors (Lipinski definition) is 4. The van der Waals surface area contributed by atoms with Gasteiger partial charge in [-0.2, -0.15) is 0 Å². The Morgan fingerprint density at radius 3 is 1.40 bits per heavy atom. The number of hydrogen-bond acceptors (Lipinski definition) is 6. The number of nitrogens with zero attached hydrogens (tertiary/aromatic N) is 2. The first-order valence-corrected chi connectivity index (χ1v) is 10.8. The third-order valence-electron chi connectivity index (χ3n) is 2.02. The third kappa shape index (κ3) is 12.2. The molecule has 0 aromatic carbocycles. The maximum atomic E-state index is 10.9. The van der Waals surface area contributed by atoms with Gasteiger partial charge in [-0.3, -0.25) is 28.1 Å². The molecule has 118 valence electrons. The molecule has 0 rings (SSSR count). The second-order valence-electron chi connectivity index (χ2n) is 3.94. The SMILES string of the molecule is O=PCN(CCN(CP(=O)(O)O)CP(=O)(O)O)CP=O. The van der Waals surface area contributed by atoms with Crippen molar-refractivity contribution in [1.29, 1.82) is 0 Å². The highest BCUT2D eigenvalue weighted by atomic mass is 31.2. The van der Waals surface area contributed by atoms with Gasteiger partial charge in [0.15, 0.2) is 16.9 Å². The first kappa shape index (κ1) is 20.4. The summed E-state index contributed by atoms with van der Waals surface area (Å²) in [7, 11) is -9.35. The molecule has 0 fully saturated rings. The summed E-state index contributed by atoms with van der Waals surface area (Å²) in [6.07, 6.45) is -1.46. The third-order valence-corrected chi connectivity index (χ3v) is 4.58. The van der Waals surface area contributed by atoms with E-state index >= 15 is 0 Å². The van der Waals surface area contributed by atoms with Crippen LogP contribution in [-0.4, -0.2) is 67.6 Å². The van der Waals surface area contributed by atoms with E-state index in [4.69, 9.17) is 19.6 Å². The summed E-state index contributed by atoms with van der Waals surface area (Å²) >= 11 is 0. The molecule has 4 N–H and O–H groups in total. The molecule has 0 saturated heterocycles. The molecule has 0 amide bonds. The first-order chi connectivity index (χ1) is 9.07. The summed E-state index contributed by atoms with van der Waals surface area (Å²) in [5, 5.41) is 0. The van der Waals surface area contributed by atoms with Crippen LogP contribution in [0.3, 0.4) is 0 Å². The van der Waals surface area contributed by atoms with Gasteiger partial charge in [-0.1, -0.05) is 0 Å². The van der Waals surface area contributed by atoms with Gasteiger partial charge in [0.25, 0.3) is 0 Å². The van der Waals surface area contributed by atoms with Crippen molar-refractivity contribution in [3.63, 3.8) is 0 Å². The molecule has 20 heavy (non-hydrogen) atoms. The van der Waals surface area contributed by atoms with Crippen molar-refractivity contribution >= 4 is 32.1 Å². The van der Waals surface area contributed by atoms with Crippen molar-refractivity contribution in [3.8, 4) is 0 Å². The molecule has 0 saturated carbocycles. The van der Waals surface area contributed by atoms with E-state index in [0.717, 1.165) is 4.90 Å². The van der Waals surface area contributed by atoms with E-state index in [2.05, 4.69) is 0 Å². The molecule has 0 unspecified atom stereocenters. The molecule has 0 radical (unpaired) electrons. The van der Waals surface area contributed by atoms with Gasteiger partial charge in [0.05, 0.1) is 12.6 Å². The maximum Gasteiger partial charge on any atom is 0.339 e. The molecule has 0 atom stereocenters. The van der Waals surface area contributed by atoms with E-state index in [-0.39, 0.29) is 42.6 Å². The minimum atomic E-state index is -4.46. The molecule has 0 bridgehead atoms. The molecule has 0 aliphatic carbocycles. The summed E-state index contributed by atoms with van der Waals surface area (Å²) in [5.74, 6) is 0. The summed E-state index contributed by atoms with van der Waals surface area (Å²) in [6.45, 7) is 0.0474. The van der Waals surface area contributed by atoms with E-state index in [1.165, 1.54) is 4.90 Å². The zero-order chi connectivity index (χ0) is 15.8. The van der Waals surface area contributed by atoms with E-state index in [9.17, 15) is 18.3 Å². The smallest absolute Gasteiger partial charge is 0.324 e. The Kier molecular flexibility index (Phi) is 9.64. The summed E-state index contributed by atoms with van der Waals surface area (Å²) < 4.78 is 42.8. The van der Waals surface area contributed by atoms with Gasteiger partial charge in [-0.25, -0.2) is 0 Å². The van der Waals surface area contributed by atoms with Gasteiger partial charge in [-0.05, 0) is 0 Å². The molecule has 0 aromatic heterocycles. The van der Waals surface area contributed by atoms with Crippen LogP contribution in [0.5, 0.6) is 0 Å². The Balaban J connectivity index is 4.62. The quantitative estimate of drug-likeness (QED) is 0.376. The fourth-order valence-corrected chi connectivity index (χ4v) is 3.99. The fourth-order valence-electron chi connectivity index (χ4n) is 1.34. The molecule has 0 heterocycles.